The Hall–Kier alpha value is -1.14. The summed E-state index contributed by atoms with van der Waals surface area (Å²) in [5, 5.41) is 0. The van der Waals surface area contributed by atoms with Crippen molar-refractivity contribution in [2.24, 2.45) is 0 Å². The van der Waals surface area contributed by atoms with Crippen LogP contribution in [0, 0.1) is 23.7 Å². The molecule has 0 rings (SSSR count). The quantitative estimate of drug-likeness (QED) is 0.225. The maximum absolute atomic E-state index is 3.22. The van der Waals surface area contributed by atoms with Gasteiger partial charge in [0.2, 0.25) is 0 Å². The predicted molar refractivity (Wildman–Crippen MR) is 110 cm³/mol. The third kappa shape index (κ3) is 20.9. The monoisotopic (exact) mass is 328 g/mol. The SMILES string of the molecule is CCCCCCCCCC#C/C=C\C#CCCCCCCCCC. The molecular weight excluding hydrogens is 288 g/mol. The zero-order chi connectivity index (χ0) is 17.6. The highest BCUT2D eigenvalue weighted by molar-refractivity contribution is 5.24. The molecule has 0 heteroatoms. The van der Waals surface area contributed by atoms with E-state index in [0.29, 0.717) is 0 Å². The maximum Gasteiger partial charge on any atom is 0.00922 e. The molecule has 0 spiro atoms. The molecule has 0 bridgehead atoms. The van der Waals surface area contributed by atoms with Gasteiger partial charge < -0.3 is 0 Å². The van der Waals surface area contributed by atoms with Crippen molar-refractivity contribution in [1.29, 1.82) is 0 Å². The summed E-state index contributed by atoms with van der Waals surface area (Å²) >= 11 is 0. The van der Waals surface area contributed by atoms with Gasteiger partial charge in [-0.15, -0.1) is 0 Å². The van der Waals surface area contributed by atoms with Crippen LogP contribution in [0.1, 0.15) is 117 Å². The third-order valence-corrected chi connectivity index (χ3v) is 4.26. The van der Waals surface area contributed by atoms with Crippen molar-refractivity contribution in [2.75, 3.05) is 0 Å². The molecule has 0 aromatic rings. The van der Waals surface area contributed by atoms with Gasteiger partial charge in [0.15, 0.2) is 0 Å². The van der Waals surface area contributed by atoms with E-state index in [1.54, 1.807) is 0 Å². The smallest absolute Gasteiger partial charge is 0.00922 e. The predicted octanol–water partition coefficient (Wildman–Crippen LogP) is 7.83. The van der Waals surface area contributed by atoms with Crippen LogP contribution in [0.3, 0.4) is 0 Å². The Morgan fingerprint density at radius 1 is 0.458 bits per heavy atom. The highest BCUT2D eigenvalue weighted by Crippen LogP contribution is 2.08. The first-order valence-electron chi connectivity index (χ1n) is 10.5. The van der Waals surface area contributed by atoms with E-state index in [9.17, 15) is 0 Å². The zero-order valence-electron chi connectivity index (χ0n) is 16.5. The summed E-state index contributed by atoms with van der Waals surface area (Å²) in [6.45, 7) is 4.53. The van der Waals surface area contributed by atoms with E-state index >= 15 is 0 Å². The molecule has 0 aromatic carbocycles. The number of rotatable bonds is 14. The summed E-state index contributed by atoms with van der Waals surface area (Å²) in [5.41, 5.74) is 0. The summed E-state index contributed by atoms with van der Waals surface area (Å²) in [6.07, 6.45) is 24.8. The second-order valence-corrected chi connectivity index (χ2v) is 6.72. The largest absolute Gasteiger partial charge is 0.0985 e. The Bertz CT molecular complexity index is 342. The topological polar surface area (TPSA) is 0 Å². The van der Waals surface area contributed by atoms with Crippen molar-refractivity contribution in [3.8, 4) is 23.7 Å². The summed E-state index contributed by atoms with van der Waals surface area (Å²) in [7, 11) is 0. The molecule has 0 N–H and O–H groups in total. The lowest BCUT2D eigenvalue weighted by molar-refractivity contribution is 0.594. The van der Waals surface area contributed by atoms with E-state index in [-0.39, 0.29) is 0 Å². The molecule has 0 aliphatic heterocycles. The molecule has 0 saturated carbocycles. The number of hydrogen-bond donors (Lipinski definition) is 0. The van der Waals surface area contributed by atoms with Gasteiger partial charge in [-0.3, -0.25) is 0 Å². The van der Waals surface area contributed by atoms with E-state index in [4.69, 9.17) is 0 Å². The highest BCUT2D eigenvalue weighted by atomic mass is 14.0. The minimum Gasteiger partial charge on any atom is -0.0985 e. The van der Waals surface area contributed by atoms with E-state index in [2.05, 4.69) is 37.5 Å². The Balaban J connectivity index is 3.34. The van der Waals surface area contributed by atoms with Crippen LogP contribution >= 0.6 is 0 Å². The van der Waals surface area contributed by atoms with Crippen LogP contribution in [0.25, 0.3) is 0 Å². The van der Waals surface area contributed by atoms with E-state index in [1.807, 2.05) is 12.2 Å². The molecule has 0 radical (unpaired) electrons. The van der Waals surface area contributed by atoms with Gasteiger partial charge in [0.25, 0.3) is 0 Å². The molecule has 0 aromatic heterocycles. The zero-order valence-corrected chi connectivity index (χ0v) is 16.5. The summed E-state index contributed by atoms with van der Waals surface area (Å²) < 4.78 is 0. The van der Waals surface area contributed by atoms with Gasteiger partial charge in [0, 0.05) is 12.8 Å². The second-order valence-electron chi connectivity index (χ2n) is 6.72. The first-order chi connectivity index (χ1) is 11.9. The molecule has 0 aliphatic rings. The minimum absolute atomic E-state index is 1.03. The van der Waals surface area contributed by atoms with Crippen molar-refractivity contribution in [3.05, 3.63) is 12.2 Å². The van der Waals surface area contributed by atoms with Gasteiger partial charge in [-0.25, -0.2) is 0 Å². The van der Waals surface area contributed by atoms with Crippen LogP contribution in [0.15, 0.2) is 12.2 Å². The Morgan fingerprint density at radius 3 is 1.17 bits per heavy atom. The fourth-order valence-electron chi connectivity index (χ4n) is 2.69. The molecule has 0 aliphatic carbocycles. The molecule has 0 saturated heterocycles. The fraction of sp³-hybridized carbons (Fsp3) is 0.750. The van der Waals surface area contributed by atoms with Crippen LogP contribution < -0.4 is 0 Å². The molecule has 136 valence electrons. The highest BCUT2D eigenvalue weighted by Gasteiger charge is 1.89. The van der Waals surface area contributed by atoms with Gasteiger partial charge >= 0.3 is 0 Å². The summed E-state index contributed by atoms with van der Waals surface area (Å²) in [5.74, 6) is 12.6. The number of hydrogen-bond acceptors (Lipinski definition) is 0. The molecular formula is C24H40. The first kappa shape index (κ1) is 22.9. The van der Waals surface area contributed by atoms with Gasteiger partial charge in [-0.2, -0.15) is 0 Å². The lowest BCUT2D eigenvalue weighted by Gasteiger charge is -1.97. The molecule has 0 fully saturated rings. The third-order valence-electron chi connectivity index (χ3n) is 4.26. The van der Waals surface area contributed by atoms with Crippen molar-refractivity contribution in [1.82, 2.24) is 0 Å². The van der Waals surface area contributed by atoms with Crippen LogP contribution in [0.5, 0.6) is 0 Å². The van der Waals surface area contributed by atoms with Crippen LogP contribution in [0.2, 0.25) is 0 Å². The van der Waals surface area contributed by atoms with E-state index in [1.165, 1.54) is 89.9 Å². The van der Waals surface area contributed by atoms with E-state index < -0.39 is 0 Å². The lowest BCUT2D eigenvalue weighted by Crippen LogP contribution is -1.79. The molecule has 0 amide bonds. The summed E-state index contributed by atoms with van der Waals surface area (Å²) in [4.78, 5) is 0. The van der Waals surface area contributed by atoms with Crippen molar-refractivity contribution >= 4 is 0 Å². The van der Waals surface area contributed by atoms with Gasteiger partial charge in [-0.05, 0) is 25.0 Å². The van der Waals surface area contributed by atoms with Gasteiger partial charge in [0.05, 0.1) is 0 Å². The Labute approximate surface area is 152 Å². The van der Waals surface area contributed by atoms with Crippen molar-refractivity contribution < 1.29 is 0 Å². The molecule has 24 heavy (non-hydrogen) atoms. The second kappa shape index (κ2) is 21.9. The maximum atomic E-state index is 3.22. The minimum atomic E-state index is 1.03. The van der Waals surface area contributed by atoms with Gasteiger partial charge in [0.1, 0.15) is 0 Å². The number of unbranched alkanes of at least 4 members (excludes halogenated alkanes) is 14. The molecule has 0 atom stereocenters. The summed E-state index contributed by atoms with van der Waals surface area (Å²) in [6, 6.07) is 0. The standard InChI is InChI=1S/C24H40/c1-3-5-7-9-11-13-15-17-19-21-23-24-22-20-18-16-14-12-10-8-6-4-2/h23-24H,3-18H2,1-2H3/b24-23-. The number of allylic oxidation sites excluding steroid dienone is 2. The van der Waals surface area contributed by atoms with Crippen LogP contribution in [0.4, 0.5) is 0 Å². The molecule has 0 nitrogen and oxygen atoms in total. The average molecular weight is 329 g/mol. The first-order valence-corrected chi connectivity index (χ1v) is 10.5. The van der Waals surface area contributed by atoms with Crippen molar-refractivity contribution in [2.45, 2.75) is 117 Å². The Kier molecular flexibility index (Phi) is 20.8. The molecule has 0 unspecified atom stereocenters. The van der Waals surface area contributed by atoms with Gasteiger partial charge in [-0.1, -0.05) is 115 Å². The van der Waals surface area contributed by atoms with E-state index in [0.717, 1.165) is 12.8 Å². The van der Waals surface area contributed by atoms with Crippen molar-refractivity contribution in [3.63, 3.8) is 0 Å². The van der Waals surface area contributed by atoms with Crippen LogP contribution in [-0.4, -0.2) is 0 Å². The lowest BCUT2D eigenvalue weighted by atomic mass is 10.1. The normalized spacial score (nSPS) is 10.2. The Morgan fingerprint density at radius 2 is 0.792 bits per heavy atom. The average Bonchev–Trinajstić information content (AvgIpc) is 2.60. The fourth-order valence-corrected chi connectivity index (χ4v) is 2.69. The van der Waals surface area contributed by atoms with Crippen LogP contribution in [-0.2, 0) is 0 Å². The molecule has 0 heterocycles.